The lowest BCUT2D eigenvalue weighted by molar-refractivity contribution is -0.131. The van der Waals surface area contributed by atoms with Gasteiger partial charge in [0, 0.05) is 25.6 Å². The first-order valence-electron chi connectivity index (χ1n) is 7.15. The highest BCUT2D eigenvalue weighted by molar-refractivity contribution is 5.76. The van der Waals surface area contributed by atoms with Crippen molar-refractivity contribution in [3.63, 3.8) is 0 Å². The van der Waals surface area contributed by atoms with Crippen LogP contribution in [-0.2, 0) is 4.79 Å². The van der Waals surface area contributed by atoms with Crippen LogP contribution in [0.4, 0.5) is 0 Å². The first-order valence-corrected chi connectivity index (χ1v) is 7.15. The average Bonchev–Trinajstić information content (AvgIpc) is 2.81. The van der Waals surface area contributed by atoms with E-state index in [0.717, 1.165) is 32.4 Å². The summed E-state index contributed by atoms with van der Waals surface area (Å²) in [4.78, 5) is 14.2. The second-order valence-corrected chi connectivity index (χ2v) is 6.06. The quantitative estimate of drug-likeness (QED) is 0.814. The Kier molecular flexibility index (Phi) is 4.08. The molecular formula is C14H26N2O. The lowest BCUT2D eigenvalue weighted by Crippen LogP contribution is -2.34. The van der Waals surface area contributed by atoms with Crippen molar-refractivity contribution < 1.29 is 4.79 Å². The summed E-state index contributed by atoms with van der Waals surface area (Å²) in [6.07, 6.45) is 5.43. The van der Waals surface area contributed by atoms with Gasteiger partial charge in [-0.05, 0) is 30.6 Å². The van der Waals surface area contributed by atoms with Gasteiger partial charge in [0.05, 0.1) is 0 Å². The Morgan fingerprint density at radius 1 is 1.41 bits per heavy atom. The SMILES string of the molecule is CCCC(C)CC(=O)N1CC2CCC(N)C2C1. The molecule has 0 bridgehead atoms. The minimum absolute atomic E-state index is 0.339. The van der Waals surface area contributed by atoms with Crippen LogP contribution in [0.25, 0.3) is 0 Å². The molecule has 1 saturated carbocycles. The van der Waals surface area contributed by atoms with E-state index in [1.807, 2.05) is 0 Å². The molecule has 17 heavy (non-hydrogen) atoms. The Balaban J connectivity index is 1.82. The van der Waals surface area contributed by atoms with Gasteiger partial charge in [0.2, 0.25) is 5.91 Å². The molecule has 1 amide bonds. The zero-order valence-corrected chi connectivity index (χ0v) is 11.2. The van der Waals surface area contributed by atoms with Crippen molar-refractivity contribution in [2.75, 3.05) is 13.1 Å². The Labute approximate surface area is 105 Å². The second-order valence-electron chi connectivity index (χ2n) is 6.06. The van der Waals surface area contributed by atoms with E-state index in [4.69, 9.17) is 5.73 Å². The largest absolute Gasteiger partial charge is 0.342 e. The molecule has 2 rings (SSSR count). The maximum atomic E-state index is 12.2. The number of rotatable bonds is 4. The molecule has 0 spiro atoms. The molecule has 0 radical (unpaired) electrons. The first-order chi connectivity index (χ1) is 8.11. The van der Waals surface area contributed by atoms with Crippen LogP contribution in [0.15, 0.2) is 0 Å². The molecule has 3 heteroatoms. The first kappa shape index (κ1) is 12.9. The number of hydrogen-bond donors (Lipinski definition) is 1. The predicted octanol–water partition coefficient (Wildman–Crippen LogP) is 2.01. The van der Waals surface area contributed by atoms with Crippen LogP contribution in [-0.4, -0.2) is 29.9 Å². The number of carbonyl (C=O) groups is 1. The van der Waals surface area contributed by atoms with Crippen molar-refractivity contribution in [2.24, 2.45) is 23.5 Å². The van der Waals surface area contributed by atoms with Crippen LogP contribution in [0.3, 0.4) is 0 Å². The maximum absolute atomic E-state index is 12.2. The molecule has 2 fully saturated rings. The maximum Gasteiger partial charge on any atom is 0.222 e. The van der Waals surface area contributed by atoms with Crippen molar-refractivity contribution in [1.82, 2.24) is 4.90 Å². The van der Waals surface area contributed by atoms with Gasteiger partial charge in [0.25, 0.3) is 0 Å². The van der Waals surface area contributed by atoms with Gasteiger partial charge in [-0.1, -0.05) is 26.7 Å². The zero-order chi connectivity index (χ0) is 12.4. The van der Waals surface area contributed by atoms with Crippen molar-refractivity contribution in [3.05, 3.63) is 0 Å². The Bertz CT molecular complexity index is 279. The number of likely N-dealkylation sites (tertiary alicyclic amines) is 1. The van der Waals surface area contributed by atoms with Gasteiger partial charge < -0.3 is 10.6 Å². The topological polar surface area (TPSA) is 46.3 Å². The van der Waals surface area contributed by atoms with E-state index < -0.39 is 0 Å². The van der Waals surface area contributed by atoms with E-state index in [2.05, 4.69) is 18.7 Å². The molecule has 2 N–H and O–H groups in total. The molecule has 4 atom stereocenters. The lowest BCUT2D eigenvalue weighted by atomic mass is 9.98. The summed E-state index contributed by atoms with van der Waals surface area (Å²) in [7, 11) is 0. The normalized spacial score (nSPS) is 33.8. The molecule has 1 heterocycles. The van der Waals surface area contributed by atoms with Crippen LogP contribution in [0.5, 0.6) is 0 Å². The van der Waals surface area contributed by atoms with E-state index >= 15 is 0 Å². The third-order valence-electron chi connectivity index (χ3n) is 4.57. The van der Waals surface area contributed by atoms with E-state index in [0.29, 0.717) is 29.7 Å². The molecule has 0 aromatic rings. The molecule has 1 saturated heterocycles. The number of hydrogen-bond acceptors (Lipinski definition) is 2. The van der Waals surface area contributed by atoms with Gasteiger partial charge in [0.15, 0.2) is 0 Å². The molecule has 3 nitrogen and oxygen atoms in total. The Morgan fingerprint density at radius 2 is 2.18 bits per heavy atom. The summed E-state index contributed by atoms with van der Waals surface area (Å²) in [5, 5.41) is 0. The predicted molar refractivity (Wildman–Crippen MR) is 69.5 cm³/mol. The van der Waals surface area contributed by atoms with Gasteiger partial charge in [-0.15, -0.1) is 0 Å². The molecule has 4 unspecified atom stereocenters. The van der Waals surface area contributed by atoms with E-state index in [1.54, 1.807) is 0 Å². The molecule has 2 aliphatic rings. The monoisotopic (exact) mass is 238 g/mol. The smallest absolute Gasteiger partial charge is 0.222 e. The zero-order valence-electron chi connectivity index (χ0n) is 11.2. The number of carbonyl (C=O) groups excluding carboxylic acids is 1. The second kappa shape index (κ2) is 5.38. The minimum Gasteiger partial charge on any atom is -0.342 e. The Hall–Kier alpha value is -0.570. The molecule has 1 aliphatic heterocycles. The highest BCUT2D eigenvalue weighted by atomic mass is 16.2. The molecule has 98 valence electrons. The van der Waals surface area contributed by atoms with Crippen LogP contribution >= 0.6 is 0 Å². The minimum atomic E-state index is 0.339. The number of nitrogens with zero attached hydrogens (tertiary/aromatic N) is 1. The molecular weight excluding hydrogens is 212 g/mol. The van der Waals surface area contributed by atoms with Crippen molar-refractivity contribution in [3.8, 4) is 0 Å². The molecule has 0 aromatic heterocycles. The van der Waals surface area contributed by atoms with E-state index in [1.165, 1.54) is 12.8 Å². The summed E-state index contributed by atoms with van der Waals surface area (Å²) < 4.78 is 0. The van der Waals surface area contributed by atoms with E-state index in [9.17, 15) is 4.79 Å². The fourth-order valence-corrected chi connectivity index (χ4v) is 3.53. The third-order valence-corrected chi connectivity index (χ3v) is 4.57. The summed E-state index contributed by atoms with van der Waals surface area (Å²) in [6.45, 7) is 6.25. The summed E-state index contributed by atoms with van der Waals surface area (Å²) in [5.74, 6) is 2.16. The Morgan fingerprint density at radius 3 is 2.82 bits per heavy atom. The number of amides is 1. The van der Waals surface area contributed by atoms with Crippen molar-refractivity contribution >= 4 is 5.91 Å². The van der Waals surface area contributed by atoms with Crippen molar-refractivity contribution in [2.45, 2.75) is 52.0 Å². The van der Waals surface area contributed by atoms with Gasteiger partial charge >= 0.3 is 0 Å². The third kappa shape index (κ3) is 2.82. The lowest BCUT2D eigenvalue weighted by Gasteiger charge is -2.20. The van der Waals surface area contributed by atoms with Crippen LogP contribution in [0.2, 0.25) is 0 Å². The van der Waals surface area contributed by atoms with Gasteiger partial charge in [-0.3, -0.25) is 4.79 Å². The molecule has 0 aromatic carbocycles. The molecule has 1 aliphatic carbocycles. The van der Waals surface area contributed by atoms with Crippen molar-refractivity contribution in [1.29, 1.82) is 0 Å². The van der Waals surface area contributed by atoms with Gasteiger partial charge in [-0.25, -0.2) is 0 Å². The van der Waals surface area contributed by atoms with Gasteiger partial charge in [0.1, 0.15) is 0 Å². The van der Waals surface area contributed by atoms with Crippen LogP contribution in [0, 0.1) is 17.8 Å². The number of nitrogens with two attached hydrogens (primary N) is 1. The summed E-state index contributed by atoms with van der Waals surface area (Å²) >= 11 is 0. The van der Waals surface area contributed by atoms with Crippen LogP contribution < -0.4 is 5.73 Å². The van der Waals surface area contributed by atoms with E-state index in [-0.39, 0.29) is 0 Å². The van der Waals surface area contributed by atoms with Crippen LogP contribution in [0.1, 0.15) is 46.0 Å². The average molecular weight is 238 g/mol. The standard InChI is InChI=1S/C14H26N2O/c1-3-4-10(2)7-14(17)16-8-11-5-6-13(15)12(11)9-16/h10-13H,3-9,15H2,1-2H3. The van der Waals surface area contributed by atoms with Gasteiger partial charge in [-0.2, -0.15) is 0 Å². The number of fused-ring (bicyclic) bond motifs is 1. The highest BCUT2D eigenvalue weighted by Crippen LogP contribution is 2.37. The fraction of sp³-hybridized carbons (Fsp3) is 0.929. The summed E-state index contributed by atoms with van der Waals surface area (Å²) in [5.41, 5.74) is 6.09. The fourth-order valence-electron chi connectivity index (χ4n) is 3.53. The highest BCUT2D eigenvalue weighted by Gasteiger charge is 2.42. The summed E-state index contributed by atoms with van der Waals surface area (Å²) in [6, 6.07) is 0.339.